The summed E-state index contributed by atoms with van der Waals surface area (Å²) >= 11 is 6.03. The van der Waals surface area contributed by atoms with Gasteiger partial charge in [-0.25, -0.2) is 0 Å². The number of rotatable bonds is 5. The van der Waals surface area contributed by atoms with Crippen LogP contribution in [-0.2, 0) is 13.2 Å². The van der Waals surface area contributed by atoms with E-state index in [4.69, 9.17) is 20.8 Å². The first kappa shape index (κ1) is 14.9. The zero-order valence-corrected chi connectivity index (χ0v) is 12.8. The third-order valence-corrected chi connectivity index (χ3v) is 3.03. The van der Waals surface area contributed by atoms with Crippen molar-refractivity contribution < 1.29 is 9.15 Å². The average molecular weight is 294 g/mol. The number of ether oxygens (including phenoxy) is 1. The molecule has 1 N–H and O–H groups in total. The van der Waals surface area contributed by atoms with Gasteiger partial charge in [0.05, 0.1) is 11.6 Å². The Kier molecular flexibility index (Phi) is 4.73. The van der Waals surface area contributed by atoms with Crippen LogP contribution < -0.4 is 10.1 Å². The van der Waals surface area contributed by atoms with Crippen molar-refractivity contribution in [2.24, 2.45) is 0 Å². The molecule has 0 fully saturated rings. The fourth-order valence-corrected chi connectivity index (χ4v) is 1.85. The number of furan rings is 1. The smallest absolute Gasteiger partial charge is 0.146 e. The van der Waals surface area contributed by atoms with Crippen molar-refractivity contribution in [3.05, 3.63) is 52.9 Å². The molecule has 0 unspecified atom stereocenters. The van der Waals surface area contributed by atoms with E-state index in [0.29, 0.717) is 23.9 Å². The Bertz CT molecular complexity index is 558. The second-order valence-corrected chi connectivity index (χ2v) is 6.10. The Labute approximate surface area is 124 Å². The molecule has 0 aliphatic carbocycles. The molecule has 0 saturated heterocycles. The van der Waals surface area contributed by atoms with Gasteiger partial charge < -0.3 is 14.5 Å². The van der Waals surface area contributed by atoms with Gasteiger partial charge in [-0.2, -0.15) is 0 Å². The molecule has 4 heteroatoms. The van der Waals surface area contributed by atoms with Crippen molar-refractivity contribution in [1.29, 1.82) is 0 Å². The number of benzene rings is 1. The molecule has 0 aliphatic heterocycles. The van der Waals surface area contributed by atoms with Gasteiger partial charge >= 0.3 is 0 Å². The standard InChI is InChI=1S/C16H20ClNO2/c1-16(2,3)18-10-12-8-9-13(20-12)11-19-15-7-5-4-6-14(15)17/h4-9,18H,10-11H2,1-3H3. The number of hydrogen-bond acceptors (Lipinski definition) is 3. The maximum Gasteiger partial charge on any atom is 0.146 e. The molecule has 0 saturated carbocycles. The molecule has 0 spiro atoms. The molecular formula is C16H20ClNO2. The Morgan fingerprint density at radius 1 is 1.10 bits per heavy atom. The molecule has 2 aromatic rings. The summed E-state index contributed by atoms with van der Waals surface area (Å²) < 4.78 is 11.3. The molecule has 20 heavy (non-hydrogen) atoms. The molecule has 108 valence electrons. The minimum absolute atomic E-state index is 0.0705. The maximum atomic E-state index is 6.03. The van der Waals surface area contributed by atoms with Crippen LogP contribution in [0.15, 0.2) is 40.8 Å². The van der Waals surface area contributed by atoms with E-state index in [1.165, 1.54) is 0 Å². The quantitative estimate of drug-likeness (QED) is 0.887. The predicted molar refractivity (Wildman–Crippen MR) is 81.1 cm³/mol. The molecule has 0 aliphatic rings. The number of nitrogens with one attached hydrogen (secondary N) is 1. The van der Waals surface area contributed by atoms with Crippen LogP contribution in [0.2, 0.25) is 5.02 Å². The first-order valence-electron chi connectivity index (χ1n) is 6.64. The molecule has 0 radical (unpaired) electrons. The summed E-state index contributed by atoms with van der Waals surface area (Å²) in [4.78, 5) is 0. The van der Waals surface area contributed by atoms with Gasteiger partial charge in [-0.05, 0) is 45.0 Å². The van der Waals surface area contributed by atoms with Crippen molar-refractivity contribution in [3.63, 3.8) is 0 Å². The summed E-state index contributed by atoms with van der Waals surface area (Å²) in [6.45, 7) is 7.45. The minimum Gasteiger partial charge on any atom is -0.484 e. The number of halogens is 1. The molecule has 0 amide bonds. The van der Waals surface area contributed by atoms with Gasteiger partial charge in [-0.3, -0.25) is 0 Å². The Hall–Kier alpha value is -1.45. The Morgan fingerprint density at radius 2 is 1.80 bits per heavy atom. The highest BCUT2D eigenvalue weighted by Crippen LogP contribution is 2.24. The van der Waals surface area contributed by atoms with Crippen LogP contribution in [0.3, 0.4) is 0 Å². The van der Waals surface area contributed by atoms with E-state index in [9.17, 15) is 0 Å². The summed E-state index contributed by atoms with van der Waals surface area (Å²) in [6.07, 6.45) is 0. The van der Waals surface area contributed by atoms with E-state index >= 15 is 0 Å². The summed E-state index contributed by atoms with van der Waals surface area (Å²) in [7, 11) is 0. The SMILES string of the molecule is CC(C)(C)NCc1ccc(COc2ccccc2Cl)o1. The van der Waals surface area contributed by atoms with Gasteiger partial charge in [-0.15, -0.1) is 0 Å². The number of hydrogen-bond donors (Lipinski definition) is 1. The van der Waals surface area contributed by atoms with Crippen LogP contribution in [0.25, 0.3) is 0 Å². The van der Waals surface area contributed by atoms with Crippen molar-refractivity contribution >= 4 is 11.6 Å². The third-order valence-electron chi connectivity index (χ3n) is 2.72. The lowest BCUT2D eigenvalue weighted by Gasteiger charge is -2.19. The number of para-hydroxylation sites is 1. The molecule has 1 aromatic carbocycles. The molecule has 1 heterocycles. The summed E-state index contributed by atoms with van der Waals surface area (Å²) in [5.41, 5.74) is 0.0705. The zero-order valence-electron chi connectivity index (χ0n) is 12.1. The molecule has 0 atom stereocenters. The average Bonchev–Trinajstić information content (AvgIpc) is 2.83. The van der Waals surface area contributed by atoms with Gasteiger partial charge in [0.25, 0.3) is 0 Å². The first-order chi connectivity index (χ1) is 9.44. The van der Waals surface area contributed by atoms with Crippen LogP contribution in [0.4, 0.5) is 0 Å². The highest BCUT2D eigenvalue weighted by Gasteiger charge is 2.10. The maximum absolute atomic E-state index is 6.03. The van der Waals surface area contributed by atoms with Gasteiger partial charge in [0.15, 0.2) is 0 Å². The topological polar surface area (TPSA) is 34.4 Å². The van der Waals surface area contributed by atoms with Crippen molar-refractivity contribution in [1.82, 2.24) is 5.32 Å². The molecule has 2 rings (SSSR count). The lowest BCUT2D eigenvalue weighted by atomic mass is 10.1. The van der Waals surface area contributed by atoms with E-state index in [1.807, 2.05) is 30.3 Å². The van der Waals surface area contributed by atoms with Crippen molar-refractivity contribution in [3.8, 4) is 5.75 Å². The Morgan fingerprint density at radius 3 is 2.50 bits per heavy atom. The van der Waals surface area contributed by atoms with E-state index in [1.54, 1.807) is 6.07 Å². The van der Waals surface area contributed by atoms with Gasteiger partial charge in [0.2, 0.25) is 0 Å². The Balaban J connectivity index is 1.89. The lowest BCUT2D eigenvalue weighted by molar-refractivity contribution is 0.263. The van der Waals surface area contributed by atoms with E-state index in [-0.39, 0.29) is 5.54 Å². The second-order valence-electron chi connectivity index (χ2n) is 5.69. The molecule has 0 bridgehead atoms. The largest absolute Gasteiger partial charge is 0.484 e. The van der Waals surface area contributed by atoms with Crippen LogP contribution in [0, 0.1) is 0 Å². The first-order valence-corrected chi connectivity index (χ1v) is 7.02. The van der Waals surface area contributed by atoms with Crippen LogP contribution >= 0.6 is 11.6 Å². The van der Waals surface area contributed by atoms with Gasteiger partial charge in [-0.1, -0.05) is 23.7 Å². The highest BCUT2D eigenvalue weighted by molar-refractivity contribution is 6.32. The minimum atomic E-state index is 0.0705. The normalized spacial score (nSPS) is 11.6. The predicted octanol–water partition coefficient (Wildman–Crippen LogP) is 4.40. The highest BCUT2D eigenvalue weighted by atomic mass is 35.5. The van der Waals surface area contributed by atoms with E-state index < -0.39 is 0 Å². The van der Waals surface area contributed by atoms with Crippen LogP contribution in [-0.4, -0.2) is 5.54 Å². The van der Waals surface area contributed by atoms with Crippen LogP contribution in [0.1, 0.15) is 32.3 Å². The van der Waals surface area contributed by atoms with Crippen molar-refractivity contribution in [2.75, 3.05) is 0 Å². The third kappa shape index (κ3) is 4.58. The lowest BCUT2D eigenvalue weighted by Crippen LogP contribution is -2.34. The van der Waals surface area contributed by atoms with Gasteiger partial charge in [0.1, 0.15) is 23.9 Å². The molecule has 1 aromatic heterocycles. The zero-order chi connectivity index (χ0) is 14.6. The fourth-order valence-electron chi connectivity index (χ4n) is 1.66. The van der Waals surface area contributed by atoms with Gasteiger partial charge in [0, 0.05) is 5.54 Å². The monoisotopic (exact) mass is 293 g/mol. The summed E-state index contributed by atoms with van der Waals surface area (Å²) in [5, 5.41) is 3.98. The van der Waals surface area contributed by atoms with Crippen LogP contribution in [0.5, 0.6) is 5.75 Å². The second kappa shape index (κ2) is 6.33. The van der Waals surface area contributed by atoms with E-state index in [2.05, 4.69) is 26.1 Å². The summed E-state index contributed by atoms with van der Waals surface area (Å²) in [6, 6.07) is 11.3. The van der Waals surface area contributed by atoms with E-state index in [0.717, 1.165) is 11.5 Å². The van der Waals surface area contributed by atoms with Crippen molar-refractivity contribution in [2.45, 2.75) is 39.5 Å². The fraction of sp³-hybridized carbons (Fsp3) is 0.375. The molecule has 3 nitrogen and oxygen atoms in total. The molecular weight excluding hydrogens is 274 g/mol. The summed E-state index contributed by atoms with van der Waals surface area (Å²) in [5.74, 6) is 2.35.